The fourth-order valence-corrected chi connectivity index (χ4v) is 8.12. The summed E-state index contributed by atoms with van der Waals surface area (Å²) in [7, 11) is 0. The van der Waals surface area contributed by atoms with Gasteiger partial charge in [0.1, 0.15) is 16.7 Å². The average Bonchev–Trinajstić information content (AvgIpc) is 3.78. The van der Waals surface area contributed by atoms with Crippen molar-refractivity contribution in [1.82, 2.24) is 0 Å². The van der Waals surface area contributed by atoms with Gasteiger partial charge in [-0.3, -0.25) is 0 Å². The monoisotopic (exact) mass is 651 g/mol. The van der Waals surface area contributed by atoms with Crippen molar-refractivity contribution in [2.24, 2.45) is 0 Å². The predicted octanol–water partition coefficient (Wildman–Crippen LogP) is 14.1. The molecule has 0 aliphatic carbocycles. The number of para-hydroxylation sites is 2. The first-order valence-corrected chi connectivity index (χ1v) is 17.3. The lowest BCUT2D eigenvalue weighted by molar-refractivity contribution is 0.669. The zero-order valence-electron chi connectivity index (χ0n) is 27.5. The van der Waals surface area contributed by atoms with E-state index in [1.54, 1.807) is 0 Å². The van der Waals surface area contributed by atoms with E-state index in [2.05, 4.69) is 169 Å². The number of hydrogen-bond donors (Lipinski definition) is 0. The largest absolute Gasteiger partial charge is 0.456 e. The first kappa shape index (κ1) is 28.0. The van der Waals surface area contributed by atoms with Crippen LogP contribution in [0.3, 0.4) is 0 Å². The van der Waals surface area contributed by atoms with Gasteiger partial charge in [-0.1, -0.05) is 133 Å². The topological polar surface area (TPSA) is 29.5 Å². The van der Waals surface area contributed by atoms with E-state index in [0.717, 1.165) is 77.5 Å². The van der Waals surface area contributed by atoms with Gasteiger partial charge in [-0.15, -0.1) is 0 Å². The van der Waals surface area contributed by atoms with Gasteiger partial charge in [0.05, 0.1) is 11.4 Å². The van der Waals surface area contributed by atoms with Crippen molar-refractivity contribution in [3.05, 3.63) is 176 Å². The summed E-state index contributed by atoms with van der Waals surface area (Å²) in [5.74, 6) is 0. The van der Waals surface area contributed by atoms with E-state index < -0.39 is 0 Å². The van der Waals surface area contributed by atoms with E-state index in [0.29, 0.717) is 0 Å². The number of benzene rings is 9. The van der Waals surface area contributed by atoms with Gasteiger partial charge in [0.15, 0.2) is 5.58 Å². The highest BCUT2D eigenvalue weighted by Crippen LogP contribution is 2.47. The van der Waals surface area contributed by atoms with Gasteiger partial charge in [0, 0.05) is 38.0 Å². The molecule has 11 rings (SSSR count). The Hall–Kier alpha value is -6.84. The molecular formula is C48H29NO2. The van der Waals surface area contributed by atoms with Gasteiger partial charge in [0.2, 0.25) is 0 Å². The van der Waals surface area contributed by atoms with E-state index in [1.807, 2.05) is 12.1 Å². The van der Waals surface area contributed by atoms with Gasteiger partial charge in [-0.2, -0.15) is 0 Å². The number of furan rings is 2. The predicted molar refractivity (Wildman–Crippen MR) is 214 cm³/mol. The second-order valence-electron chi connectivity index (χ2n) is 13.2. The van der Waals surface area contributed by atoms with Crippen LogP contribution in [0.4, 0.5) is 17.1 Å². The smallest absolute Gasteiger partial charge is 0.159 e. The van der Waals surface area contributed by atoms with E-state index in [-0.39, 0.29) is 0 Å². The average molecular weight is 652 g/mol. The summed E-state index contributed by atoms with van der Waals surface area (Å²) in [6.07, 6.45) is 0. The van der Waals surface area contributed by atoms with Crippen LogP contribution in [0.1, 0.15) is 0 Å². The highest BCUT2D eigenvalue weighted by molar-refractivity contribution is 6.20. The maximum Gasteiger partial charge on any atom is 0.159 e. The summed E-state index contributed by atoms with van der Waals surface area (Å²) in [6, 6.07) is 62.6. The molecule has 0 aliphatic rings. The minimum atomic E-state index is 0.861. The van der Waals surface area contributed by atoms with Gasteiger partial charge in [0.25, 0.3) is 0 Å². The van der Waals surface area contributed by atoms with Crippen molar-refractivity contribution in [2.75, 3.05) is 4.90 Å². The van der Waals surface area contributed by atoms with Crippen molar-refractivity contribution in [2.45, 2.75) is 0 Å². The first-order chi connectivity index (χ1) is 25.3. The molecule has 51 heavy (non-hydrogen) atoms. The Morgan fingerprint density at radius 1 is 0.353 bits per heavy atom. The Bertz CT molecular complexity index is 3150. The molecule has 11 aromatic rings. The standard InChI is InChI=1S/C48H29NO2/c1-4-14-36-30(11-1)25-28-40-39-19-9-20-42(48(39)51-47(36)40)49(43-29-32-12-2-3-13-34(32)37-15-5-6-16-38(37)43)33-26-23-31(24-27-33)35-18-10-22-45-46(35)41-17-7-8-21-44(41)50-45/h1-29H. The number of nitrogens with zero attached hydrogens (tertiary/aromatic N) is 1. The highest BCUT2D eigenvalue weighted by atomic mass is 16.3. The fraction of sp³-hybridized carbons (Fsp3) is 0. The molecule has 0 amide bonds. The second-order valence-corrected chi connectivity index (χ2v) is 13.2. The molecule has 0 saturated carbocycles. The van der Waals surface area contributed by atoms with Gasteiger partial charge >= 0.3 is 0 Å². The molecule has 238 valence electrons. The molecule has 0 bridgehead atoms. The summed E-state index contributed by atoms with van der Waals surface area (Å²) >= 11 is 0. The zero-order chi connectivity index (χ0) is 33.5. The molecule has 0 fully saturated rings. The Morgan fingerprint density at radius 2 is 1.00 bits per heavy atom. The molecular weight excluding hydrogens is 623 g/mol. The lowest BCUT2D eigenvalue weighted by Crippen LogP contribution is -2.11. The van der Waals surface area contributed by atoms with E-state index >= 15 is 0 Å². The Morgan fingerprint density at radius 3 is 1.86 bits per heavy atom. The van der Waals surface area contributed by atoms with Crippen LogP contribution >= 0.6 is 0 Å². The van der Waals surface area contributed by atoms with Crippen molar-refractivity contribution in [1.29, 1.82) is 0 Å². The summed E-state index contributed by atoms with van der Waals surface area (Å²) in [4.78, 5) is 2.37. The SMILES string of the molecule is c1ccc2c(c1)cc(N(c1ccc(-c3cccc4oc5ccccc5c34)cc1)c1cccc3c1oc1c4ccccc4ccc31)c1ccccc12. The lowest BCUT2D eigenvalue weighted by atomic mass is 9.97. The summed E-state index contributed by atoms with van der Waals surface area (Å²) < 4.78 is 13.2. The molecule has 9 aromatic carbocycles. The number of fused-ring (bicyclic) bond motifs is 11. The van der Waals surface area contributed by atoms with Gasteiger partial charge < -0.3 is 13.7 Å². The zero-order valence-corrected chi connectivity index (χ0v) is 27.5. The van der Waals surface area contributed by atoms with Crippen molar-refractivity contribution in [3.8, 4) is 11.1 Å². The first-order valence-electron chi connectivity index (χ1n) is 17.3. The van der Waals surface area contributed by atoms with Crippen molar-refractivity contribution < 1.29 is 8.83 Å². The summed E-state index contributed by atoms with van der Waals surface area (Å²) in [5.41, 5.74) is 8.98. The highest BCUT2D eigenvalue weighted by Gasteiger charge is 2.23. The third-order valence-electron chi connectivity index (χ3n) is 10.4. The van der Waals surface area contributed by atoms with Crippen molar-refractivity contribution >= 4 is 93.3 Å². The maximum atomic E-state index is 6.94. The van der Waals surface area contributed by atoms with Crippen LogP contribution < -0.4 is 4.90 Å². The molecule has 0 unspecified atom stereocenters. The molecule has 0 N–H and O–H groups in total. The molecule has 0 spiro atoms. The lowest BCUT2D eigenvalue weighted by Gasteiger charge is -2.28. The van der Waals surface area contributed by atoms with Crippen LogP contribution in [0.25, 0.3) is 87.3 Å². The normalized spacial score (nSPS) is 11.9. The molecule has 2 heterocycles. The summed E-state index contributed by atoms with van der Waals surface area (Å²) in [6.45, 7) is 0. The van der Waals surface area contributed by atoms with Crippen LogP contribution in [0, 0.1) is 0 Å². The Balaban J connectivity index is 1.18. The number of anilines is 3. The number of rotatable bonds is 4. The third kappa shape index (κ3) is 4.19. The Labute approximate surface area is 293 Å². The fourth-order valence-electron chi connectivity index (χ4n) is 8.12. The molecule has 3 nitrogen and oxygen atoms in total. The number of hydrogen-bond acceptors (Lipinski definition) is 3. The molecule has 0 atom stereocenters. The van der Waals surface area contributed by atoms with Crippen LogP contribution in [0.2, 0.25) is 0 Å². The molecule has 2 aromatic heterocycles. The van der Waals surface area contributed by atoms with Crippen LogP contribution in [0.15, 0.2) is 185 Å². The Kier molecular flexibility index (Phi) is 5.96. The minimum absolute atomic E-state index is 0.861. The van der Waals surface area contributed by atoms with Gasteiger partial charge in [-0.25, -0.2) is 0 Å². The van der Waals surface area contributed by atoms with E-state index in [1.165, 1.54) is 26.9 Å². The van der Waals surface area contributed by atoms with E-state index in [9.17, 15) is 0 Å². The minimum Gasteiger partial charge on any atom is -0.456 e. The van der Waals surface area contributed by atoms with Crippen molar-refractivity contribution in [3.63, 3.8) is 0 Å². The van der Waals surface area contributed by atoms with Crippen LogP contribution in [0.5, 0.6) is 0 Å². The molecule has 0 saturated heterocycles. The third-order valence-corrected chi connectivity index (χ3v) is 10.4. The molecule has 3 heteroatoms. The van der Waals surface area contributed by atoms with Crippen LogP contribution in [-0.2, 0) is 0 Å². The quantitative estimate of drug-likeness (QED) is 0.177. The molecule has 0 aliphatic heterocycles. The van der Waals surface area contributed by atoms with Gasteiger partial charge in [-0.05, 0) is 75.1 Å². The van der Waals surface area contributed by atoms with Crippen LogP contribution in [-0.4, -0.2) is 0 Å². The van der Waals surface area contributed by atoms with E-state index in [4.69, 9.17) is 8.83 Å². The maximum absolute atomic E-state index is 6.94. The summed E-state index contributed by atoms with van der Waals surface area (Å²) in [5, 5.41) is 11.6. The second kappa shape index (κ2) is 10.8. The molecule has 0 radical (unpaired) electrons.